The molecule has 2 aliphatic rings. The summed E-state index contributed by atoms with van der Waals surface area (Å²) in [5, 5.41) is 52.0. The van der Waals surface area contributed by atoms with Crippen molar-refractivity contribution in [2.24, 2.45) is 5.73 Å². The van der Waals surface area contributed by atoms with Crippen LogP contribution in [0.4, 0.5) is 0 Å². The van der Waals surface area contributed by atoms with Gasteiger partial charge >= 0.3 is 5.97 Å². The Morgan fingerprint density at radius 1 is 1.16 bits per heavy atom. The van der Waals surface area contributed by atoms with E-state index in [1.807, 2.05) is 0 Å². The number of rotatable bonds is 7. The van der Waals surface area contributed by atoms with Crippen molar-refractivity contribution in [2.75, 3.05) is 7.11 Å². The summed E-state index contributed by atoms with van der Waals surface area (Å²) < 4.78 is 16.6. The number of aliphatic hydroxyl groups excluding tert-OH is 2. The number of carbonyl (C=O) groups excluding carboxylic acids is 2. The minimum absolute atomic E-state index is 0. The number of carboxylic acids is 1. The van der Waals surface area contributed by atoms with Crippen molar-refractivity contribution in [3.05, 3.63) is 51.6 Å². The average molecular weight is 554 g/mol. The highest BCUT2D eigenvalue weighted by atomic mass is 35.5. The molecule has 1 aliphatic carbocycles. The molecule has 5 atom stereocenters. The number of nitrogens with two attached hydrogens (primary N) is 1. The molecule has 0 radical (unpaired) electrons. The van der Waals surface area contributed by atoms with Gasteiger partial charge in [0.05, 0.1) is 49.0 Å². The molecule has 1 saturated heterocycles. The van der Waals surface area contributed by atoms with E-state index in [2.05, 4.69) is 0 Å². The van der Waals surface area contributed by atoms with Gasteiger partial charge in [0.2, 0.25) is 5.78 Å². The molecule has 2 aromatic carbocycles. The highest BCUT2D eigenvalue weighted by molar-refractivity contribution is 6.31. The van der Waals surface area contributed by atoms with Crippen LogP contribution in [0.3, 0.4) is 0 Å². The molecule has 0 saturated carbocycles. The number of carboxylic acid groups (broad SMARTS) is 1. The van der Waals surface area contributed by atoms with E-state index < -0.39 is 89.4 Å². The van der Waals surface area contributed by atoms with E-state index >= 15 is 0 Å². The van der Waals surface area contributed by atoms with Gasteiger partial charge in [-0.15, -0.1) is 12.4 Å². The van der Waals surface area contributed by atoms with Gasteiger partial charge in [-0.1, -0.05) is 12.1 Å². The molecular formula is C25H28ClNO11. The van der Waals surface area contributed by atoms with E-state index in [1.54, 1.807) is 6.92 Å². The minimum atomic E-state index is -1.54. The zero-order valence-electron chi connectivity index (χ0n) is 20.4. The van der Waals surface area contributed by atoms with Crippen LogP contribution in [-0.2, 0) is 20.9 Å². The lowest BCUT2D eigenvalue weighted by molar-refractivity contribution is -0.241. The lowest BCUT2D eigenvalue weighted by Gasteiger charge is -2.37. The number of hydrogen-bond donors (Lipinski definition) is 6. The Balaban J connectivity index is 0.00000400. The average Bonchev–Trinajstić information content (AvgIpc) is 2.85. The number of phenolic OH excluding ortho intramolecular Hbond substituents is 1. The SMILES string of the molecule is COc1cccc2c1C(=O)c1c(O)c(C(CC(=O)O)OC3CC(N)C(O)C(C)O3)c(CO)c(O)c1C2=O.Cl. The van der Waals surface area contributed by atoms with Crippen LogP contribution in [-0.4, -0.2) is 74.7 Å². The molecule has 38 heavy (non-hydrogen) atoms. The van der Waals surface area contributed by atoms with Gasteiger partial charge in [-0.2, -0.15) is 0 Å². The van der Waals surface area contributed by atoms with Gasteiger partial charge in [-0.3, -0.25) is 14.4 Å². The molecule has 5 unspecified atom stereocenters. The number of ketones is 2. The second-order valence-electron chi connectivity index (χ2n) is 8.92. The van der Waals surface area contributed by atoms with Gasteiger partial charge in [0.25, 0.3) is 0 Å². The van der Waals surface area contributed by atoms with Crippen LogP contribution in [0.15, 0.2) is 18.2 Å². The molecule has 0 spiro atoms. The van der Waals surface area contributed by atoms with Crippen LogP contribution in [0.5, 0.6) is 17.2 Å². The number of fused-ring (bicyclic) bond motifs is 2. The molecule has 0 amide bonds. The van der Waals surface area contributed by atoms with E-state index in [0.29, 0.717) is 0 Å². The van der Waals surface area contributed by atoms with E-state index in [4.69, 9.17) is 19.9 Å². The van der Waals surface area contributed by atoms with Gasteiger partial charge in [-0.05, 0) is 13.0 Å². The van der Waals surface area contributed by atoms with Crippen LogP contribution in [0.1, 0.15) is 68.8 Å². The molecule has 1 fully saturated rings. The van der Waals surface area contributed by atoms with Gasteiger partial charge in [0.15, 0.2) is 12.1 Å². The summed E-state index contributed by atoms with van der Waals surface area (Å²) in [6, 6.07) is 3.53. The quantitative estimate of drug-likeness (QED) is 0.228. The van der Waals surface area contributed by atoms with Crippen molar-refractivity contribution >= 4 is 29.9 Å². The first kappa shape index (κ1) is 29.3. The summed E-state index contributed by atoms with van der Waals surface area (Å²) in [7, 11) is 1.30. The molecule has 13 heteroatoms. The first-order valence-corrected chi connectivity index (χ1v) is 11.5. The maximum Gasteiger partial charge on any atom is 0.306 e. The second kappa shape index (κ2) is 11.2. The fraction of sp³-hybridized carbons (Fsp3) is 0.400. The predicted octanol–water partition coefficient (Wildman–Crippen LogP) is 1.15. The van der Waals surface area contributed by atoms with E-state index in [-0.39, 0.29) is 41.3 Å². The standard InChI is InChI=1S/C25H27NO11.ClH/c1-9-21(30)12(26)6-16(36-9)37-14(7-15(28)29)18-11(8-27)23(32)19-20(25(18)34)24(33)17-10(22(19)31)4-3-5-13(17)35-2;/h3-5,9,12,14,16,21,27,30,32,34H,6-8,26H2,1-2H3,(H,28,29);1H. The number of aliphatic hydroxyl groups is 2. The molecule has 7 N–H and O–H groups in total. The number of halogens is 1. The molecule has 0 aromatic heterocycles. The fourth-order valence-corrected chi connectivity index (χ4v) is 4.86. The molecule has 206 valence electrons. The summed E-state index contributed by atoms with van der Waals surface area (Å²) >= 11 is 0. The monoisotopic (exact) mass is 553 g/mol. The number of aliphatic carboxylic acids is 1. The third-order valence-electron chi connectivity index (χ3n) is 6.67. The molecule has 4 rings (SSSR count). The normalized spacial score (nSPS) is 23.2. The number of carbonyl (C=O) groups is 3. The highest BCUT2D eigenvalue weighted by Crippen LogP contribution is 2.48. The second-order valence-corrected chi connectivity index (χ2v) is 8.92. The van der Waals surface area contributed by atoms with Crippen LogP contribution in [0.25, 0.3) is 0 Å². The Morgan fingerprint density at radius 3 is 2.39 bits per heavy atom. The Labute approximate surface area is 223 Å². The number of phenols is 2. The number of methoxy groups -OCH3 is 1. The molecule has 12 nitrogen and oxygen atoms in total. The van der Waals surface area contributed by atoms with Gasteiger partial charge in [0, 0.05) is 29.2 Å². The summed E-state index contributed by atoms with van der Waals surface area (Å²) in [4.78, 5) is 38.5. The van der Waals surface area contributed by atoms with Gasteiger partial charge < -0.3 is 45.5 Å². The van der Waals surface area contributed by atoms with Crippen molar-refractivity contribution in [3.63, 3.8) is 0 Å². The largest absolute Gasteiger partial charge is 0.507 e. The van der Waals surface area contributed by atoms with E-state index in [1.165, 1.54) is 25.3 Å². The minimum Gasteiger partial charge on any atom is -0.507 e. The zero-order valence-corrected chi connectivity index (χ0v) is 21.2. The van der Waals surface area contributed by atoms with Crippen LogP contribution in [0, 0.1) is 0 Å². The third-order valence-corrected chi connectivity index (χ3v) is 6.67. The first-order chi connectivity index (χ1) is 17.5. The van der Waals surface area contributed by atoms with Crippen LogP contribution < -0.4 is 10.5 Å². The Bertz CT molecular complexity index is 1270. The summed E-state index contributed by atoms with van der Waals surface area (Å²) in [5.74, 6) is -4.57. The van der Waals surface area contributed by atoms with Crippen molar-refractivity contribution in [1.29, 1.82) is 0 Å². The highest BCUT2D eigenvalue weighted by Gasteiger charge is 2.42. The Kier molecular flexibility index (Phi) is 8.66. The predicted molar refractivity (Wildman–Crippen MR) is 132 cm³/mol. The Morgan fingerprint density at radius 2 is 1.82 bits per heavy atom. The van der Waals surface area contributed by atoms with Crippen LogP contribution in [0.2, 0.25) is 0 Å². The van der Waals surface area contributed by atoms with Gasteiger partial charge in [0.1, 0.15) is 23.4 Å². The summed E-state index contributed by atoms with van der Waals surface area (Å²) in [6.45, 7) is 0.622. The van der Waals surface area contributed by atoms with E-state index in [9.17, 15) is 39.9 Å². The van der Waals surface area contributed by atoms with Crippen LogP contribution >= 0.6 is 12.4 Å². The number of hydrogen-bond acceptors (Lipinski definition) is 11. The summed E-state index contributed by atoms with van der Waals surface area (Å²) in [5.41, 5.74) is 3.84. The molecule has 0 bridgehead atoms. The van der Waals surface area contributed by atoms with Crippen molar-refractivity contribution in [3.8, 4) is 17.2 Å². The lowest BCUT2D eigenvalue weighted by atomic mass is 9.79. The molecule has 1 aliphatic heterocycles. The first-order valence-electron chi connectivity index (χ1n) is 11.5. The van der Waals surface area contributed by atoms with Crippen molar-refractivity contribution < 1.29 is 54.1 Å². The smallest absolute Gasteiger partial charge is 0.306 e. The maximum atomic E-state index is 13.5. The number of benzene rings is 2. The Hall–Kier alpha value is -3.26. The van der Waals surface area contributed by atoms with Crippen molar-refractivity contribution in [2.45, 2.75) is 57.0 Å². The maximum absolute atomic E-state index is 13.5. The number of aromatic hydroxyl groups is 2. The zero-order chi connectivity index (χ0) is 27.2. The lowest BCUT2D eigenvalue weighted by Crippen LogP contribution is -2.51. The molecular weight excluding hydrogens is 526 g/mol. The van der Waals surface area contributed by atoms with Crippen molar-refractivity contribution in [1.82, 2.24) is 0 Å². The topological polar surface area (TPSA) is 206 Å². The third kappa shape index (κ3) is 4.82. The number of ether oxygens (including phenoxy) is 3. The fourth-order valence-electron chi connectivity index (χ4n) is 4.86. The molecule has 2 aromatic rings. The summed E-state index contributed by atoms with van der Waals surface area (Å²) in [6.07, 6.45) is -5.23. The van der Waals surface area contributed by atoms with Gasteiger partial charge in [-0.25, -0.2) is 0 Å². The molecule has 1 heterocycles. The van der Waals surface area contributed by atoms with E-state index in [0.717, 1.165) is 0 Å².